The molecule has 3 fully saturated rings. The van der Waals surface area contributed by atoms with Crippen molar-refractivity contribution in [3.63, 3.8) is 0 Å². The standard InChI is InChI=1S/C25H46O/c1-3-21-18-24(22-11-7-19(2)8-12-22)15-16-25(21)23-13-9-20(10-14-23)6-4-5-17-26/h19-26H,3-18H2,1-2H3. The number of unbranched alkanes of at least 4 members (excludes halogenated alkanes) is 1. The Balaban J connectivity index is 1.45. The Kier molecular flexibility index (Phi) is 8.35. The molecule has 1 heteroatoms. The molecule has 0 saturated heterocycles. The lowest BCUT2D eigenvalue weighted by molar-refractivity contribution is 0.0534. The fourth-order valence-electron chi connectivity index (χ4n) is 7.05. The summed E-state index contributed by atoms with van der Waals surface area (Å²) in [4.78, 5) is 0. The minimum Gasteiger partial charge on any atom is -0.396 e. The maximum absolute atomic E-state index is 8.99. The highest BCUT2D eigenvalue weighted by Crippen LogP contribution is 2.49. The van der Waals surface area contributed by atoms with Gasteiger partial charge >= 0.3 is 0 Å². The van der Waals surface area contributed by atoms with Gasteiger partial charge in [-0.2, -0.15) is 0 Å². The van der Waals surface area contributed by atoms with Crippen LogP contribution >= 0.6 is 0 Å². The first-order valence-electron chi connectivity index (χ1n) is 12.3. The van der Waals surface area contributed by atoms with Gasteiger partial charge in [-0.3, -0.25) is 0 Å². The second-order valence-electron chi connectivity index (χ2n) is 10.4. The van der Waals surface area contributed by atoms with Crippen LogP contribution in [0, 0.1) is 41.4 Å². The molecule has 3 saturated carbocycles. The second-order valence-corrected chi connectivity index (χ2v) is 10.4. The summed E-state index contributed by atoms with van der Waals surface area (Å²) in [6.45, 7) is 5.32. The lowest BCUT2D eigenvalue weighted by Gasteiger charge is -2.45. The molecule has 3 rings (SSSR count). The Labute approximate surface area is 163 Å². The van der Waals surface area contributed by atoms with Crippen LogP contribution in [0.2, 0.25) is 0 Å². The van der Waals surface area contributed by atoms with Gasteiger partial charge in [0.15, 0.2) is 0 Å². The van der Waals surface area contributed by atoms with Crippen LogP contribution in [0.5, 0.6) is 0 Å². The van der Waals surface area contributed by atoms with Gasteiger partial charge in [0.05, 0.1) is 0 Å². The van der Waals surface area contributed by atoms with E-state index in [1.165, 1.54) is 70.6 Å². The maximum atomic E-state index is 8.99. The van der Waals surface area contributed by atoms with Crippen LogP contribution in [-0.2, 0) is 0 Å². The summed E-state index contributed by atoms with van der Waals surface area (Å²) in [5, 5.41) is 8.99. The molecule has 152 valence electrons. The first kappa shape index (κ1) is 20.7. The van der Waals surface area contributed by atoms with Crippen molar-refractivity contribution < 1.29 is 5.11 Å². The molecule has 0 aromatic heterocycles. The molecule has 0 amide bonds. The van der Waals surface area contributed by atoms with Gasteiger partial charge in [-0.25, -0.2) is 0 Å². The molecule has 3 aliphatic rings. The second kappa shape index (κ2) is 10.5. The molecule has 3 atom stereocenters. The Morgan fingerprint density at radius 3 is 2.04 bits per heavy atom. The number of aliphatic hydroxyl groups excluding tert-OH is 1. The smallest absolute Gasteiger partial charge is 0.0431 e. The van der Waals surface area contributed by atoms with Gasteiger partial charge in [-0.1, -0.05) is 58.8 Å². The van der Waals surface area contributed by atoms with E-state index >= 15 is 0 Å². The Morgan fingerprint density at radius 1 is 0.731 bits per heavy atom. The van der Waals surface area contributed by atoms with Crippen molar-refractivity contribution in [2.45, 2.75) is 110 Å². The number of hydrogen-bond acceptors (Lipinski definition) is 1. The van der Waals surface area contributed by atoms with E-state index in [0.717, 1.165) is 47.8 Å². The Bertz CT molecular complexity index is 376. The van der Waals surface area contributed by atoms with Gasteiger partial charge in [0.1, 0.15) is 0 Å². The maximum Gasteiger partial charge on any atom is 0.0431 e. The summed E-state index contributed by atoms with van der Waals surface area (Å²) in [7, 11) is 0. The largest absolute Gasteiger partial charge is 0.396 e. The third kappa shape index (κ3) is 5.49. The van der Waals surface area contributed by atoms with E-state index in [1.807, 2.05) is 0 Å². The fraction of sp³-hybridized carbons (Fsp3) is 1.00. The zero-order valence-corrected chi connectivity index (χ0v) is 17.8. The predicted molar refractivity (Wildman–Crippen MR) is 112 cm³/mol. The van der Waals surface area contributed by atoms with Crippen LogP contribution < -0.4 is 0 Å². The lowest BCUT2D eigenvalue weighted by atomic mass is 9.60. The van der Waals surface area contributed by atoms with Gasteiger partial charge < -0.3 is 5.11 Å². The zero-order valence-electron chi connectivity index (χ0n) is 17.8. The van der Waals surface area contributed by atoms with Crippen molar-refractivity contribution in [2.24, 2.45) is 41.4 Å². The Morgan fingerprint density at radius 2 is 1.38 bits per heavy atom. The monoisotopic (exact) mass is 362 g/mol. The number of hydrogen-bond donors (Lipinski definition) is 1. The summed E-state index contributed by atoms with van der Waals surface area (Å²) in [6, 6.07) is 0. The van der Waals surface area contributed by atoms with E-state index in [0.29, 0.717) is 6.61 Å². The highest BCUT2D eigenvalue weighted by molar-refractivity contribution is 4.89. The SMILES string of the molecule is CCC1CC(C2CCC(C)CC2)CCC1C1CCC(CCCCO)CC1. The highest BCUT2D eigenvalue weighted by atomic mass is 16.2. The molecule has 1 nitrogen and oxygen atoms in total. The van der Waals surface area contributed by atoms with E-state index in [2.05, 4.69) is 13.8 Å². The van der Waals surface area contributed by atoms with Crippen LogP contribution in [0.1, 0.15) is 110 Å². The zero-order chi connectivity index (χ0) is 18.4. The molecular weight excluding hydrogens is 316 g/mol. The normalized spacial score (nSPS) is 41.9. The minimum atomic E-state index is 0.386. The van der Waals surface area contributed by atoms with Crippen molar-refractivity contribution in [2.75, 3.05) is 6.61 Å². The summed E-state index contributed by atoms with van der Waals surface area (Å²) in [5.41, 5.74) is 0. The molecule has 1 N–H and O–H groups in total. The average molecular weight is 363 g/mol. The van der Waals surface area contributed by atoms with Crippen LogP contribution in [-0.4, -0.2) is 11.7 Å². The molecule has 0 aliphatic heterocycles. The molecule has 0 aromatic carbocycles. The van der Waals surface area contributed by atoms with Gasteiger partial charge in [0.2, 0.25) is 0 Å². The molecule has 3 aliphatic carbocycles. The first-order valence-corrected chi connectivity index (χ1v) is 12.3. The molecular formula is C25H46O. The average Bonchev–Trinajstić information content (AvgIpc) is 2.69. The van der Waals surface area contributed by atoms with Crippen molar-refractivity contribution >= 4 is 0 Å². The quantitative estimate of drug-likeness (QED) is 0.474. The van der Waals surface area contributed by atoms with Crippen molar-refractivity contribution in [3.8, 4) is 0 Å². The molecule has 0 heterocycles. The molecule has 0 bridgehead atoms. The van der Waals surface area contributed by atoms with Crippen LogP contribution in [0.25, 0.3) is 0 Å². The number of aliphatic hydroxyl groups is 1. The van der Waals surface area contributed by atoms with E-state index in [9.17, 15) is 0 Å². The van der Waals surface area contributed by atoms with E-state index < -0.39 is 0 Å². The van der Waals surface area contributed by atoms with Crippen LogP contribution in [0.3, 0.4) is 0 Å². The summed E-state index contributed by atoms with van der Waals surface area (Å²) in [6.07, 6.45) is 21.8. The van der Waals surface area contributed by atoms with Crippen molar-refractivity contribution in [1.82, 2.24) is 0 Å². The topological polar surface area (TPSA) is 20.2 Å². The number of rotatable bonds is 7. The van der Waals surface area contributed by atoms with E-state index in [-0.39, 0.29) is 0 Å². The van der Waals surface area contributed by atoms with Crippen LogP contribution in [0.4, 0.5) is 0 Å². The van der Waals surface area contributed by atoms with Gasteiger partial charge in [-0.05, 0) is 92.8 Å². The molecule has 0 aromatic rings. The van der Waals surface area contributed by atoms with Gasteiger partial charge in [0, 0.05) is 6.61 Å². The fourth-order valence-corrected chi connectivity index (χ4v) is 7.05. The first-order chi connectivity index (χ1) is 12.7. The van der Waals surface area contributed by atoms with E-state index in [4.69, 9.17) is 5.11 Å². The third-order valence-electron chi connectivity index (χ3n) is 8.85. The minimum absolute atomic E-state index is 0.386. The lowest BCUT2D eigenvalue weighted by Crippen LogP contribution is -2.35. The molecule has 3 unspecified atom stereocenters. The van der Waals surface area contributed by atoms with Crippen molar-refractivity contribution in [3.05, 3.63) is 0 Å². The molecule has 26 heavy (non-hydrogen) atoms. The van der Waals surface area contributed by atoms with E-state index in [1.54, 1.807) is 19.3 Å². The molecule has 0 radical (unpaired) electrons. The summed E-state index contributed by atoms with van der Waals surface area (Å²) in [5.74, 6) is 7.24. The van der Waals surface area contributed by atoms with Gasteiger partial charge in [0.25, 0.3) is 0 Å². The summed E-state index contributed by atoms with van der Waals surface area (Å²) >= 11 is 0. The summed E-state index contributed by atoms with van der Waals surface area (Å²) < 4.78 is 0. The highest BCUT2D eigenvalue weighted by Gasteiger charge is 2.38. The van der Waals surface area contributed by atoms with Gasteiger partial charge in [-0.15, -0.1) is 0 Å². The predicted octanol–water partition coefficient (Wildman–Crippen LogP) is 7.22. The Hall–Kier alpha value is -0.0400. The van der Waals surface area contributed by atoms with Crippen molar-refractivity contribution in [1.29, 1.82) is 0 Å². The molecule has 0 spiro atoms. The third-order valence-corrected chi connectivity index (χ3v) is 8.85. The van der Waals surface area contributed by atoms with Crippen LogP contribution in [0.15, 0.2) is 0 Å².